The lowest BCUT2D eigenvalue weighted by Gasteiger charge is -2.28. The van der Waals surface area contributed by atoms with Crippen LogP contribution in [0.1, 0.15) is 32.8 Å². The van der Waals surface area contributed by atoms with Crippen LogP contribution < -0.4 is 10.2 Å². The minimum atomic E-state index is -0.273. The van der Waals surface area contributed by atoms with Crippen molar-refractivity contribution in [3.8, 4) is 0 Å². The fourth-order valence-electron chi connectivity index (χ4n) is 2.11. The molecule has 1 atom stereocenters. The molecule has 0 fully saturated rings. The number of anilines is 1. The molecule has 1 N–H and O–H groups in total. The van der Waals surface area contributed by atoms with Crippen molar-refractivity contribution < 1.29 is 4.39 Å². The van der Waals surface area contributed by atoms with Crippen LogP contribution in [0, 0.1) is 11.7 Å². The van der Waals surface area contributed by atoms with E-state index in [2.05, 4.69) is 42.2 Å². The number of nitrogens with zero attached hydrogens (tertiary/aromatic N) is 2. The van der Waals surface area contributed by atoms with Crippen molar-refractivity contribution in [2.24, 2.45) is 5.92 Å². The van der Waals surface area contributed by atoms with Crippen molar-refractivity contribution in [3.05, 3.63) is 23.6 Å². The van der Waals surface area contributed by atoms with E-state index in [1.54, 1.807) is 6.07 Å². The molecule has 0 amide bonds. The summed E-state index contributed by atoms with van der Waals surface area (Å²) in [5.41, 5.74) is 0.925. The summed E-state index contributed by atoms with van der Waals surface area (Å²) in [6, 6.07) is 1.98. The first-order valence-corrected chi connectivity index (χ1v) is 8.92. The Morgan fingerprint density at radius 3 is 2.71 bits per heavy atom. The highest BCUT2D eigenvalue weighted by molar-refractivity contribution is 7.98. The molecule has 21 heavy (non-hydrogen) atoms. The van der Waals surface area contributed by atoms with Gasteiger partial charge in [-0.15, -0.1) is 0 Å². The van der Waals surface area contributed by atoms with E-state index >= 15 is 0 Å². The predicted octanol–water partition coefficient (Wildman–Crippen LogP) is 3.54. The minimum absolute atomic E-state index is 0.273. The molecule has 5 heteroatoms. The monoisotopic (exact) mass is 313 g/mol. The summed E-state index contributed by atoms with van der Waals surface area (Å²) >= 11 is 1.85. The van der Waals surface area contributed by atoms with E-state index in [1.807, 2.05) is 18.8 Å². The maximum atomic E-state index is 13.5. The van der Waals surface area contributed by atoms with Crippen LogP contribution in [0.4, 0.5) is 10.2 Å². The van der Waals surface area contributed by atoms with Crippen LogP contribution in [0.5, 0.6) is 0 Å². The van der Waals surface area contributed by atoms with Crippen LogP contribution in [0.15, 0.2) is 12.3 Å². The Labute approximate surface area is 132 Å². The highest BCUT2D eigenvalue weighted by atomic mass is 32.2. The number of thioether (sulfide) groups is 1. The zero-order valence-corrected chi connectivity index (χ0v) is 14.6. The second-order valence-electron chi connectivity index (χ2n) is 5.90. The second kappa shape index (κ2) is 9.26. The van der Waals surface area contributed by atoms with Gasteiger partial charge in [-0.05, 0) is 43.9 Å². The van der Waals surface area contributed by atoms with Crippen molar-refractivity contribution in [2.45, 2.75) is 39.8 Å². The van der Waals surface area contributed by atoms with Gasteiger partial charge in [0.15, 0.2) is 0 Å². The summed E-state index contributed by atoms with van der Waals surface area (Å²) in [6.45, 7) is 8.08. The van der Waals surface area contributed by atoms with E-state index in [1.165, 1.54) is 6.20 Å². The summed E-state index contributed by atoms with van der Waals surface area (Å²) in [7, 11) is 2.04. The zero-order valence-electron chi connectivity index (χ0n) is 13.8. The summed E-state index contributed by atoms with van der Waals surface area (Å²) in [5, 5.41) is 3.37. The predicted molar refractivity (Wildman–Crippen MR) is 91.6 cm³/mol. The number of rotatable bonds is 9. The van der Waals surface area contributed by atoms with Crippen LogP contribution in [0.2, 0.25) is 0 Å². The van der Waals surface area contributed by atoms with E-state index in [0.717, 1.165) is 30.1 Å². The lowest BCUT2D eigenvalue weighted by atomic mass is 10.1. The quantitative estimate of drug-likeness (QED) is 0.755. The van der Waals surface area contributed by atoms with Crippen molar-refractivity contribution in [3.63, 3.8) is 0 Å². The SMILES string of the molecule is CSCCC(C)N(C)c1ncc(F)cc1CNCC(C)C. The first-order valence-electron chi connectivity index (χ1n) is 7.52. The van der Waals surface area contributed by atoms with Gasteiger partial charge in [-0.1, -0.05) is 13.8 Å². The van der Waals surface area contributed by atoms with Gasteiger partial charge in [0, 0.05) is 25.2 Å². The van der Waals surface area contributed by atoms with Gasteiger partial charge >= 0.3 is 0 Å². The molecule has 0 aliphatic carbocycles. The normalized spacial score (nSPS) is 12.7. The maximum Gasteiger partial charge on any atom is 0.141 e. The molecule has 0 radical (unpaired) electrons. The molecular weight excluding hydrogens is 285 g/mol. The third kappa shape index (κ3) is 6.22. The van der Waals surface area contributed by atoms with E-state index in [4.69, 9.17) is 0 Å². The summed E-state index contributed by atoms with van der Waals surface area (Å²) in [5.74, 6) is 2.30. The molecule has 3 nitrogen and oxygen atoms in total. The molecule has 1 rings (SSSR count). The first-order chi connectivity index (χ1) is 9.95. The highest BCUT2D eigenvalue weighted by Crippen LogP contribution is 2.21. The Bertz CT molecular complexity index is 426. The smallest absolute Gasteiger partial charge is 0.141 e. The van der Waals surface area contributed by atoms with E-state index in [9.17, 15) is 4.39 Å². The topological polar surface area (TPSA) is 28.2 Å². The van der Waals surface area contributed by atoms with Crippen LogP contribution in [0.25, 0.3) is 0 Å². The lowest BCUT2D eigenvalue weighted by molar-refractivity contribution is 0.546. The maximum absolute atomic E-state index is 13.5. The summed E-state index contributed by atoms with van der Waals surface area (Å²) in [6.07, 6.45) is 4.51. The Kier molecular flexibility index (Phi) is 8.04. The number of halogens is 1. The molecule has 0 aliphatic rings. The van der Waals surface area contributed by atoms with Crippen LogP contribution in [-0.4, -0.2) is 36.6 Å². The van der Waals surface area contributed by atoms with Gasteiger partial charge < -0.3 is 10.2 Å². The number of aromatic nitrogens is 1. The Balaban J connectivity index is 2.79. The number of hydrogen-bond acceptors (Lipinski definition) is 4. The third-order valence-corrected chi connectivity index (χ3v) is 4.16. The Morgan fingerprint density at radius 1 is 1.38 bits per heavy atom. The van der Waals surface area contributed by atoms with E-state index in [-0.39, 0.29) is 5.82 Å². The molecule has 0 saturated heterocycles. The van der Waals surface area contributed by atoms with Gasteiger partial charge in [0.25, 0.3) is 0 Å². The fraction of sp³-hybridized carbons (Fsp3) is 0.688. The van der Waals surface area contributed by atoms with Gasteiger partial charge in [0.1, 0.15) is 11.6 Å². The van der Waals surface area contributed by atoms with Crippen molar-refractivity contribution in [1.29, 1.82) is 0 Å². The molecule has 0 saturated carbocycles. The Hall–Kier alpha value is -0.810. The molecule has 0 aromatic carbocycles. The molecule has 0 spiro atoms. The van der Waals surface area contributed by atoms with Gasteiger partial charge in [-0.2, -0.15) is 11.8 Å². The second-order valence-corrected chi connectivity index (χ2v) is 6.89. The van der Waals surface area contributed by atoms with Crippen molar-refractivity contribution >= 4 is 17.6 Å². The summed E-state index contributed by atoms with van der Waals surface area (Å²) < 4.78 is 13.5. The van der Waals surface area contributed by atoms with Gasteiger partial charge in [0.05, 0.1) is 6.20 Å². The first kappa shape index (κ1) is 18.2. The van der Waals surface area contributed by atoms with Gasteiger partial charge in [0.2, 0.25) is 0 Å². The highest BCUT2D eigenvalue weighted by Gasteiger charge is 2.15. The van der Waals surface area contributed by atoms with E-state index in [0.29, 0.717) is 18.5 Å². The van der Waals surface area contributed by atoms with Crippen LogP contribution in [-0.2, 0) is 6.54 Å². The minimum Gasteiger partial charge on any atom is -0.357 e. The van der Waals surface area contributed by atoms with Crippen molar-refractivity contribution in [2.75, 3.05) is 30.5 Å². The molecule has 1 unspecified atom stereocenters. The fourth-order valence-corrected chi connectivity index (χ4v) is 2.68. The average Bonchev–Trinajstić information content (AvgIpc) is 2.44. The van der Waals surface area contributed by atoms with Crippen molar-refractivity contribution in [1.82, 2.24) is 10.3 Å². The number of hydrogen-bond donors (Lipinski definition) is 1. The molecule has 1 aromatic heterocycles. The Morgan fingerprint density at radius 2 is 2.10 bits per heavy atom. The molecule has 0 aliphatic heterocycles. The number of pyridine rings is 1. The third-order valence-electron chi connectivity index (χ3n) is 3.51. The average molecular weight is 313 g/mol. The molecular formula is C16H28FN3S. The lowest BCUT2D eigenvalue weighted by Crippen LogP contribution is -2.32. The molecule has 120 valence electrons. The van der Waals surface area contributed by atoms with Gasteiger partial charge in [-0.25, -0.2) is 9.37 Å². The van der Waals surface area contributed by atoms with Gasteiger partial charge in [-0.3, -0.25) is 0 Å². The van der Waals surface area contributed by atoms with Crippen LogP contribution in [0.3, 0.4) is 0 Å². The molecule has 0 bridgehead atoms. The zero-order chi connectivity index (χ0) is 15.8. The standard InChI is InChI=1S/C16H28FN3S/c1-12(2)9-18-10-14-8-15(17)11-19-16(14)20(4)13(3)6-7-21-5/h8,11-13,18H,6-7,9-10H2,1-5H3. The van der Waals surface area contributed by atoms with Crippen LogP contribution >= 0.6 is 11.8 Å². The molecule has 1 heterocycles. The largest absolute Gasteiger partial charge is 0.357 e. The summed E-state index contributed by atoms with van der Waals surface area (Å²) in [4.78, 5) is 6.46. The van der Waals surface area contributed by atoms with E-state index < -0.39 is 0 Å². The number of nitrogens with one attached hydrogen (secondary N) is 1. The molecule has 1 aromatic rings.